The van der Waals surface area contributed by atoms with Crippen LogP contribution in [-0.2, 0) is 9.47 Å². The zero-order valence-electron chi connectivity index (χ0n) is 16.0. The van der Waals surface area contributed by atoms with Crippen LogP contribution in [0.15, 0.2) is 11.6 Å². The van der Waals surface area contributed by atoms with Crippen LogP contribution in [0.2, 0.25) is 0 Å². The summed E-state index contributed by atoms with van der Waals surface area (Å²) in [4.78, 5) is 0. The van der Waals surface area contributed by atoms with Crippen LogP contribution < -0.4 is 0 Å². The fourth-order valence-corrected chi connectivity index (χ4v) is 8.13. The highest BCUT2D eigenvalue weighted by molar-refractivity contribution is 5.35. The van der Waals surface area contributed by atoms with Gasteiger partial charge in [0.2, 0.25) is 0 Å². The molecule has 134 valence electrons. The van der Waals surface area contributed by atoms with Gasteiger partial charge < -0.3 is 9.47 Å². The Labute approximate surface area is 147 Å². The van der Waals surface area contributed by atoms with Crippen LogP contribution in [-0.4, -0.2) is 19.0 Å². The van der Waals surface area contributed by atoms with Crippen LogP contribution in [0, 0.1) is 27.6 Å². The summed E-state index contributed by atoms with van der Waals surface area (Å²) < 4.78 is 12.6. The van der Waals surface area contributed by atoms with Crippen molar-refractivity contribution < 1.29 is 9.47 Å². The molecule has 0 unspecified atom stereocenters. The van der Waals surface area contributed by atoms with Crippen molar-refractivity contribution in [2.24, 2.45) is 27.6 Å². The first-order valence-electron chi connectivity index (χ1n) is 10.2. The van der Waals surface area contributed by atoms with E-state index in [4.69, 9.17) is 9.47 Å². The van der Waals surface area contributed by atoms with Crippen molar-refractivity contribution >= 4 is 0 Å². The molecular formula is C22H34O2. The lowest BCUT2D eigenvalue weighted by atomic mass is 9.40. The third kappa shape index (κ3) is 1.62. The summed E-state index contributed by atoms with van der Waals surface area (Å²) in [6, 6.07) is 0. The fraction of sp³-hybridized carbons (Fsp3) is 0.909. The molecule has 24 heavy (non-hydrogen) atoms. The second kappa shape index (κ2) is 4.49. The molecule has 1 aliphatic heterocycles. The van der Waals surface area contributed by atoms with Crippen molar-refractivity contribution in [2.45, 2.75) is 84.8 Å². The van der Waals surface area contributed by atoms with E-state index < -0.39 is 0 Å². The summed E-state index contributed by atoms with van der Waals surface area (Å²) in [5, 5.41) is 0. The summed E-state index contributed by atoms with van der Waals surface area (Å²) in [6.07, 6.45) is 13.1. The maximum Gasteiger partial charge on any atom is 0.177 e. The van der Waals surface area contributed by atoms with Crippen LogP contribution in [0.25, 0.3) is 0 Å². The van der Waals surface area contributed by atoms with Gasteiger partial charge in [0, 0.05) is 11.8 Å². The number of hydrogen-bond donors (Lipinski definition) is 0. The van der Waals surface area contributed by atoms with Gasteiger partial charge in [-0.3, -0.25) is 0 Å². The molecule has 5 aliphatic rings. The second-order valence-corrected chi connectivity index (χ2v) is 10.7. The molecule has 0 radical (unpaired) electrons. The predicted octanol–water partition coefficient (Wildman–Crippen LogP) is 5.47. The lowest BCUT2D eigenvalue weighted by Gasteiger charge is -2.65. The molecule has 5 rings (SSSR count). The normalized spacial score (nSPS) is 51.2. The van der Waals surface area contributed by atoms with E-state index in [1.54, 1.807) is 5.57 Å². The number of allylic oxidation sites excluding steroid dienone is 1. The van der Waals surface area contributed by atoms with Crippen LogP contribution in [0.1, 0.15) is 79.1 Å². The lowest BCUT2D eigenvalue weighted by molar-refractivity contribution is -0.250. The summed E-state index contributed by atoms with van der Waals surface area (Å²) in [5.74, 6) is 0.524. The zero-order chi connectivity index (χ0) is 16.8. The van der Waals surface area contributed by atoms with Crippen molar-refractivity contribution in [3.05, 3.63) is 11.6 Å². The quantitative estimate of drug-likeness (QED) is 0.548. The fourth-order valence-electron chi connectivity index (χ4n) is 8.13. The van der Waals surface area contributed by atoms with E-state index in [1.165, 1.54) is 44.9 Å². The van der Waals surface area contributed by atoms with Gasteiger partial charge in [-0.1, -0.05) is 45.8 Å². The van der Waals surface area contributed by atoms with Crippen molar-refractivity contribution in [3.63, 3.8) is 0 Å². The van der Waals surface area contributed by atoms with Crippen molar-refractivity contribution in [1.29, 1.82) is 0 Å². The number of ether oxygens (including phenoxy) is 2. The number of fused-ring (bicyclic) bond motifs is 3. The summed E-state index contributed by atoms with van der Waals surface area (Å²) in [7, 11) is 0. The smallest absolute Gasteiger partial charge is 0.177 e. The molecule has 2 bridgehead atoms. The van der Waals surface area contributed by atoms with Gasteiger partial charge in [-0.2, -0.15) is 0 Å². The number of hydrogen-bond acceptors (Lipinski definition) is 2. The van der Waals surface area contributed by atoms with Crippen LogP contribution in [0.5, 0.6) is 0 Å². The van der Waals surface area contributed by atoms with E-state index >= 15 is 0 Å². The van der Waals surface area contributed by atoms with Gasteiger partial charge in [0.1, 0.15) is 0 Å². The summed E-state index contributed by atoms with van der Waals surface area (Å²) >= 11 is 0. The Balaban J connectivity index is 1.64. The van der Waals surface area contributed by atoms with Gasteiger partial charge in [0.15, 0.2) is 5.79 Å². The average Bonchev–Trinajstić information content (AvgIpc) is 3.09. The maximum atomic E-state index is 6.31. The molecule has 0 aromatic rings. The van der Waals surface area contributed by atoms with Gasteiger partial charge in [-0.05, 0) is 60.7 Å². The molecule has 4 aliphatic carbocycles. The Hall–Kier alpha value is -0.340. The summed E-state index contributed by atoms with van der Waals surface area (Å²) in [6.45, 7) is 11.8. The molecular weight excluding hydrogens is 296 g/mol. The molecule has 4 atom stereocenters. The predicted molar refractivity (Wildman–Crippen MR) is 95.6 cm³/mol. The van der Waals surface area contributed by atoms with Crippen LogP contribution in [0.4, 0.5) is 0 Å². The second-order valence-electron chi connectivity index (χ2n) is 10.7. The van der Waals surface area contributed by atoms with E-state index in [0.717, 1.165) is 25.6 Å². The Kier molecular flexibility index (Phi) is 2.97. The first-order chi connectivity index (χ1) is 11.3. The molecule has 0 amide bonds. The van der Waals surface area contributed by atoms with E-state index in [-0.39, 0.29) is 11.2 Å². The monoisotopic (exact) mass is 330 g/mol. The van der Waals surface area contributed by atoms with Crippen molar-refractivity contribution in [1.82, 2.24) is 0 Å². The molecule has 2 spiro atoms. The third-order valence-corrected chi connectivity index (χ3v) is 9.43. The largest absolute Gasteiger partial charge is 0.347 e. The Morgan fingerprint density at radius 3 is 2.46 bits per heavy atom. The molecule has 0 N–H and O–H groups in total. The van der Waals surface area contributed by atoms with Gasteiger partial charge in [0.05, 0.1) is 13.2 Å². The Bertz CT molecular complexity index is 599. The first-order valence-corrected chi connectivity index (χ1v) is 10.2. The van der Waals surface area contributed by atoms with Gasteiger partial charge in [-0.15, -0.1) is 0 Å². The molecule has 0 aromatic carbocycles. The lowest BCUT2D eigenvalue weighted by Crippen LogP contribution is -2.59. The van der Waals surface area contributed by atoms with E-state index in [1.807, 2.05) is 0 Å². The zero-order valence-corrected chi connectivity index (χ0v) is 16.0. The van der Waals surface area contributed by atoms with E-state index in [9.17, 15) is 0 Å². The van der Waals surface area contributed by atoms with Crippen molar-refractivity contribution in [3.8, 4) is 0 Å². The molecule has 0 aromatic heterocycles. The molecule has 3 saturated carbocycles. The molecule has 1 heterocycles. The molecule has 2 nitrogen and oxygen atoms in total. The SMILES string of the molecule is CC1(C)CCC[C@@]2(C)[C@H]1CC=C1CC3(OCCO3)[C@@]3(C)CC[C@]12C3. The average molecular weight is 331 g/mol. The minimum atomic E-state index is -0.313. The highest BCUT2D eigenvalue weighted by Gasteiger charge is 2.72. The molecule has 1 saturated heterocycles. The van der Waals surface area contributed by atoms with Gasteiger partial charge >= 0.3 is 0 Å². The van der Waals surface area contributed by atoms with Crippen LogP contribution >= 0.6 is 0 Å². The van der Waals surface area contributed by atoms with E-state index in [2.05, 4.69) is 33.8 Å². The van der Waals surface area contributed by atoms with Crippen LogP contribution in [0.3, 0.4) is 0 Å². The molecule has 4 fully saturated rings. The minimum absolute atomic E-state index is 0.202. The van der Waals surface area contributed by atoms with E-state index in [0.29, 0.717) is 16.2 Å². The highest BCUT2D eigenvalue weighted by atomic mass is 16.7. The Morgan fingerprint density at radius 1 is 0.958 bits per heavy atom. The van der Waals surface area contributed by atoms with Gasteiger partial charge in [0.25, 0.3) is 0 Å². The highest BCUT2D eigenvalue weighted by Crippen LogP contribution is 2.77. The molecule has 2 heteroatoms. The standard InChI is InChI=1S/C22H34O2/c1-18(2)8-5-9-20(4)17(18)7-6-16-14-22(23-12-13-24-22)19(3)10-11-21(16,20)15-19/h6,17H,5,7-15H2,1-4H3/t17-,19-,20-,21-/m0/s1. The topological polar surface area (TPSA) is 18.5 Å². The van der Waals surface area contributed by atoms with Crippen molar-refractivity contribution in [2.75, 3.05) is 13.2 Å². The third-order valence-electron chi connectivity index (χ3n) is 9.43. The maximum absolute atomic E-state index is 6.31. The Morgan fingerprint density at radius 2 is 1.71 bits per heavy atom. The van der Waals surface area contributed by atoms with Gasteiger partial charge in [-0.25, -0.2) is 0 Å². The number of rotatable bonds is 0. The first kappa shape index (κ1) is 15.9. The minimum Gasteiger partial charge on any atom is -0.347 e. The summed E-state index contributed by atoms with van der Waals surface area (Å²) in [5.41, 5.74) is 3.28.